The van der Waals surface area contributed by atoms with Gasteiger partial charge in [-0.3, -0.25) is 0 Å². The molecule has 0 spiro atoms. The predicted octanol–water partition coefficient (Wildman–Crippen LogP) is 4.21. The second kappa shape index (κ2) is 7.42. The number of halogens is 1. The Morgan fingerprint density at radius 3 is 2.52 bits per heavy atom. The zero-order valence-corrected chi connectivity index (χ0v) is 17.0. The van der Waals surface area contributed by atoms with Crippen molar-refractivity contribution in [2.75, 3.05) is 12.0 Å². The third-order valence-corrected chi connectivity index (χ3v) is 6.17. The van der Waals surface area contributed by atoms with E-state index in [1.54, 1.807) is 65.6 Å². The number of benzene rings is 3. The summed E-state index contributed by atoms with van der Waals surface area (Å²) in [6.07, 6.45) is 0. The highest BCUT2D eigenvalue weighted by atomic mass is 35.5. The molecule has 0 aromatic heterocycles. The van der Waals surface area contributed by atoms with Crippen LogP contribution in [0.2, 0.25) is 5.02 Å². The first-order valence-corrected chi connectivity index (χ1v) is 10.5. The third kappa shape index (κ3) is 3.66. The molecule has 0 atom stereocenters. The summed E-state index contributed by atoms with van der Waals surface area (Å²) in [6.45, 7) is 0.307. The Hall–Kier alpha value is -3.03. The SMILES string of the molecule is COc1cc(CN(C2=NS(=O)(=O)c3ccccc32)c2ccc(Cl)cc2)ccc1O. The first kappa shape index (κ1) is 19.3. The maximum Gasteiger partial charge on any atom is 0.285 e. The summed E-state index contributed by atoms with van der Waals surface area (Å²) in [4.78, 5) is 1.98. The van der Waals surface area contributed by atoms with Crippen molar-refractivity contribution in [3.63, 3.8) is 0 Å². The molecule has 3 aromatic rings. The molecule has 0 saturated heterocycles. The second-order valence-corrected chi connectivity index (χ2v) is 8.46. The minimum atomic E-state index is -3.77. The van der Waals surface area contributed by atoms with Gasteiger partial charge in [0.2, 0.25) is 0 Å². The van der Waals surface area contributed by atoms with Crippen molar-refractivity contribution in [3.05, 3.63) is 82.9 Å². The number of phenolic OH excluding ortho intramolecular Hbond substituents is 1. The number of methoxy groups -OCH3 is 1. The topological polar surface area (TPSA) is 79.2 Å². The van der Waals surface area contributed by atoms with Gasteiger partial charge in [-0.1, -0.05) is 29.8 Å². The van der Waals surface area contributed by atoms with Crippen LogP contribution in [0.4, 0.5) is 5.69 Å². The number of nitrogens with zero attached hydrogens (tertiary/aromatic N) is 2. The molecular formula is C21H17ClN2O4S. The van der Waals surface area contributed by atoms with Crippen molar-refractivity contribution in [3.8, 4) is 11.5 Å². The van der Waals surface area contributed by atoms with Crippen molar-refractivity contribution in [2.24, 2.45) is 4.40 Å². The average Bonchev–Trinajstić information content (AvgIpc) is 2.99. The summed E-state index contributed by atoms with van der Waals surface area (Å²) in [7, 11) is -2.30. The number of amidine groups is 1. The van der Waals surface area contributed by atoms with Crippen LogP contribution in [0.3, 0.4) is 0 Å². The van der Waals surface area contributed by atoms with Gasteiger partial charge in [0.1, 0.15) is 4.90 Å². The van der Waals surface area contributed by atoms with Crippen LogP contribution in [-0.4, -0.2) is 26.5 Å². The van der Waals surface area contributed by atoms with Gasteiger partial charge in [0.25, 0.3) is 10.0 Å². The largest absolute Gasteiger partial charge is 0.504 e. The van der Waals surface area contributed by atoms with Crippen molar-refractivity contribution in [1.29, 1.82) is 0 Å². The lowest BCUT2D eigenvalue weighted by Crippen LogP contribution is -2.30. The fourth-order valence-electron chi connectivity index (χ4n) is 3.20. The third-order valence-electron chi connectivity index (χ3n) is 4.59. The van der Waals surface area contributed by atoms with Crippen LogP contribution in [0, 0.1) is 0 Å². The van der Waals surface area contributed by atoms with Gasteiger partial charge in [0.15, 0.2) is 17.3 Å². The Labute approximate surface area is 173 Å². The first-order chi connectivity index (χ1) is 13.9. The highest BCUT2D eigenvalue weighted by Crippen LogP contribution is 2.33. The summed E-state index contributed by atoms with van der Waals surface area (Å²) in [6, 6.07) is 18.8. The first-order valence-electron chi connectivity index (χ1n) is 8.72. The van der Waals surface area contributed by atoms with Gasteiger partial charge in [-0.2, -0.15) is 8.42 Å². The predicted molar refractivity (Wildman–Crippen MR) is 112 cm³/mol. The van der Waals surface area contributed by atoms with Crippen LogP contribution < -0.4 is 9.64 Å². The molecule has 1 aliphatic rings. The Kier molecular flexibility index (Phi) is 4.94. The summed E-state index contributed by atoms with van der Waals surface area (Å²) in [5.74, 6) is 0.690. The highest BCUT2D eigenvalue weighted by molar-refractivity contribution is 7.90. The maximum absolute atomic E-state index is 12.6. The lowest BCUT2D eigenvalue weighted by atomic mass is 10.1. The monoisotopic (exact) mass is 428 g/mol. The van der Waals surface area contributed by atoms with Gasteiger partial charge in [0.05, 0.1) is 7.11 Å². The Morgan fingerprint density at radius 2 is 1.79 bits per heavy atom. The van der Waals surface area contributed by atoms with Crippen LogP contribution in [0.5, 0.6) is 11.5 Å². The quantitative estimate of drug-likeness (QED) is 0.673. The molecule has 4 rings (SSSR count). The van der Waals surface area contributed by atoms with Gasteiger partial charge in [-0.15, -0.1) is 4.40 Å². The number of fused-ring (bicyclic) bond motifs is 1. The molecule has 0 unspecified atom stereocenters. The van der Waals surface area contributed by atoms with Gasteiger partial charge in [0, 0.05) is 22.8 Å². The van der Waals surface area contributed by atoms with Crippen LogP contribution >= 0.6 is 11.6 Å². The van der Waals surface area contributed by atoms with E-state index < -0.39 is 10.0 Å². The molecule has 29 heavy (non-hydrogen) atoms. The number of phenols is 1. The van der Waals surface area contributed by atoms with Gasteiger partial charge in [-0.25, -0.2) is 0 Å². The molecule has 1 heterocycles. The molecule has 1 N–H and O–H groups in total. The van der Waals surface area contributed by atoms with Gasteiger partial charge < -0.3 is 14.7 Å². The van der Waals surface area contributed by atoms with Crippen molar-refractivity contribution >= 4 is 33.1 Å². The van der Waals surface area contributed by atoms with Gasteiger partial charge in [-0.05, 0) is 54.1 Å². The van der Waals surface area contributed by atoms with Crippen LogP contribution in [0.1, 0.15) is 11.1 Å². The Morgan fingerprint density at radius 1 is 1.07 bits per heavy atom. The highest BCUT2D eigenvalue weighted by Gasteiger charge is 2.32. The molecule has 148 valence electrons. The molecule has 0 aliphatic carbocycles. The number of aromatic hydroxyl groups is 1. The standard InChI is InChI=1S/C21H17ClN2O4S/c1-28-19-12-14(6-11-18(19)25)13-24(16-9-7-15(22)8-10-16)21-17-4-2-3-5-20(17)29(26,27)23-21/h2-12,25H,13H2,1H3. The van der Waals surface area contributed by atoms with E-state index in [4.69, 9.17) is 16.3 Å². The summed E-state index contributed by atoms with van der Waals surface area (Å²) in [5.41, 5.74) is 2.07. The van der Waals surface area contributed by atoms with E-state index >= 15 is 0 Å². The number of anilines is 1. The molecular weight excluding hydrogens is 412 g/mol. The molecule has 8 heteroatoms. The van der Waals surface area contributed by atoms with Crippen molar-refractivity contribution in [1.82, 2.24) is 0 Å². The van der Waals surface area contributed by atoms with Crippen molar-refractivity contribution in [2.45, 2.75) is 11.4 Å². The zero-order chi connectivity index (χ0) is 20.6. The number of hydrogen-bond acceptors (Lipinski definition) is 5. The van der Waals surface area contributed by atoms with Crippen molar-refractivity contribution < 1.29 is 18.3 Å². The fraction of sp³-hybridized carbons (Fsp3) is 0.0952. The molecule has 0 amide bonds. The van der Waals surface area contributed by atoms with E-state index in [-0.39, 0.29) is 10.6 Å². The summed E-state index contributed by atoms with van der Waals surface area (Å²) >= 11 is 6.03. The van der Waals surface area contributed by atoms with E-state index in [0.29, 0.717) is 28.7 Å². The summed E-state index contributed by atoms with van der Waals surface area (Å²) in [5, 5.41) is 10.4. The lowest BCUT2D eigenvalue weighted by Gasteiger charge is -2.25. The Balaban J connectivity index is 1.83. The number of hydrogen-bond donors (Lipinski definition) is 1. The molecule has 0 radical (unpaired) electrons. The van der Waals surface area contributed by atoms with Crippen LogP contribution in [0.25, 0.3) is 0 Å². The molecule has 6 nitrogen and oxygen atoms in total. The minimum absolute atomic E-state index is 0.0282. The summed E-state index contributed by atoms with van der Waals surface area (Å²) < 4.78 is 34.4. The van der Waals surface area contributed by atoms with E-state index in [1.165, 1.54) is 13.2 Å². The normalized spacial score (nSPS) is 14.2. The molecule has 1 aliphatic heterocycles. The minimum Gasteiger partial charge on any atom is -0.504 e. The van der Waals surface area contributed by atoms with E-state index in [0.717, 1.165) is 11.3 Å². The number of sulfonamides is 1. The van der Waals surface area contributed by atoms with Crippen LogP contribution in [-0.2, 0) is 16.6 Å². The average molecular weight is 429 g/mol. The smallest absolute Gasteiger partial charge is 0.285 e. The molecule has 3 aromatic carbocycles. The Bertz CT molecular complexity index is 1210. The maximum atomic E-state index is 12.6. The number of ether oxygens (including phenoxy) is 1. The molecule has 0 fully saturated rings. The molecule has 0 saturated carbocycles. The lowest BCUT2D eigenvalue weighted by molar-refractivity contribution is 0.373. The van der Waals surface area contributed by atoms with E-state index in [1.807, 2.05) is 0 Å². The molecule has 0 bridgehead atoms. The van der Waals surface area contributed by atoms with E-state index in [9.17, 15) is 13.5 Å². The van der Waals surface area contributed by atoms with Crippen LogP contribution in [0.15, 0.2) is 76.0 Å². The van der Waals surface area contributed by atoms with Gasteiger partial charge >= 0.3 is 0 Å². The second-order valence-electron chi connectivity index (χ2n) is 6.45. The number of rotatable bonds is 4. The fourth-order valence-corrected chi connectivity index (χ4v) is 4.53. The van der Waals surface area contributed by atoms with E-state index in [2.05, 4.69) is 4.40 Å². The zero-order valence-electron chi connectivity index (χ0n) is 15.4.